The van der Waals surface area contributed by atoms with Crippen LogP contribution in [0.15, 0.2) is 47.6 Å². The van der Waals surface area contributed by atoms with E-state index in [9.17, 15) is 4.79 Å². The van der Waals surface area contributed by atoms with Crippen LogP contribution in [-0.4, -0.2) is 25.8 Å². The largest absolute Gasteiger partial charge is 0.496 e. The summed E-state index contributed by atoms with van der Waals surface area (Å²) >= 11 is 5.93. The van der Waals surface area contributed by atoms with Crippen molar-refractivity contribution in [3.05, 3.63) is 58.6 Å². The maximum absolute atomic E-state index is 11.8. The second-order valence-electron chi connectivity index (χ2n) is 4.85. The Hall–Kier alpha value is -2.53. The van der Waals surface area contributed by atoms with Gasteiger partial charge in [0.2, 0.25) is 0 Å². The number of amides is 1. The first-order valence-corrected chi connectivity index (χ1v) is 7.43. The van der Waals surface area contributed by atoms with Gasteiger partial charge in [0.15, 0.2) is 0 Å². The molecule has 0 heterocycles. The lowest BCUT2D eigenvalue weighted by Crippen LogP contribution is -2.26. The van der Waals surface area contributed by atoms with E-state index in [4.69, 9.17) is 16.3 Å². The number of benzene rings is 2. The highest BCUT2D eigenvalue weighted by Gasteiger charge is 2.03. The Bertz CT molecular complexity index is 717. The van der Waals surface area contributed by atoms with Crippen LogP contribution in [0.5, 0.6) is 5.75 Å². The summed E-state index contributed by atoms with van der Waals surface area (Å²) in [5, 5.41) is 7.55. The molecule has 0 saturated carbocycles. The summed E-state index contributed by atoms with van der Waals surface area (Å²) in [6, 6.07) is 12.9. The van der Waals surface area contributed by atoms with Gasteiger partial charge in [0, 0.05) is 16.3 Å². The van der Waals surface area contributed by atoms with Crippen molar-refractivity contribution in [3.8, 4) is 5.75 Å². The molecule has 2 aromatic rings. The number of hydrazone groups is 1. The van der Waals surface area contributed by atoms with Crippen LogP contribution in [0.4, 0.5) is 5.69 Å². The van der Waals surface area contributed by atoms with Gasteiger partial charge in [0.25, 0.3) is 5.91 Å². The second kappa shape index (κ2) is 8.19. The zero-order valence-corrected chi connectivity index (χ0v) is 13.7. The number of hydrogen-bond donors (Lipinski definition) is 2. The number of methoxy groups -OCH3 is 1. The Morgan fingerprint density at radius 2 is 2.09 bits per heavy atom. The fourth-order valence-corrected chi connectivity index (χ4v) is 2.15. The summed E-state index contributed by atoms with van der Waals surface area (Å²) in [7, 11) is 1.56. The summed E-state index contributed by atoms with van der Waals surface area (Å²) in [6.45, 7) is 2.11. The lowest BCUT2D eigenvalue weighted by molar-refractivity contribution is -0.119. The molecule has 2 N–H and O–H groups in total. The molecule has 0 aliphatic carbocycles. The summed E-state index contributed by atoms with van der Waals surface area (Å²) in [6.07, 6.45) is 1.50. The zero-order valence-electron chi connectivity index (χ0n) is 13.0. The van der Waals surface area contributed by atoms with Crippen LogP contribution in [0.2, 0.25) is 5.02 Å². The minimum Gasteiger partial charge on any atom is -0.496 e. The van der Waals surface area contributed by atoms with Crippen molar-refractivity contribution in [2.24, 2.45) is 5.10 Å². The number of nitrogens with one attached hydrogen (secondary N) is 2. The summed E-state index contributed by atoms with van der Waals surface area (Å²) < 4.78 is 5.20. The average molecular weight is 332 g/mol. The minimum absolute atomic E-state index is 0.134. The van der Waals surface area contributed by atoms with Gasteiger partial charge in [-0.1, -0.05) is 29.8 Å². The van der Waals surface area contributed by atoms with Crippen molar-refractivity contribution >= 4 is 29.4 Å². The predicted molar refractivity (Wildman–Crippen MR) is 93.4 cm³/mol. The number of rotatable bonds is 6. The normalized spacial score (nSPS) is 10.6. The molecular weight excluding hydrogens is 314 g/mol. The fourth-order valence-electron chi connectivity index (χ4n) is 1.97. The van der Waals surface area contributed by atoms with Gasteiger partial charge in [-0.2, -0.15) is 5.10 Å². The Labute approximate surface area is 140 Å². The highest BCUT2D eigenvalue weighted by Crippen LogP contribution is 2.20. The van der Waals surface area contributed by atoms with Gasteiger partial charge in [0.05, 0.1) is 19.9 Å². The smallest absolute Gasteiger partial charge is 0.259 e. The first-order chi connectivity index (χ1) is 11.1. The van der Waals surface area contributed by atoms with Crippen LogP contribution in [0.25, 0.3) is 0 Å². The van der Waals surface area contributed by atoms with E-state index in [1.807, 2.05) is 31.2 Å². The van der Waals surface area contributed by atoms with Gasteiger partial charge in [0.1, 0.15) is 5.75 Å². The maximum Gasteiger partial charge on any atom is 0.259 e. The van der Waals surface area contributed by atoms with E-state index in [0.29, 0.717) is 16.3 Å². The minimum atomic E-state index is -0.245. The molecule has 0 fully saturated rings. The molecule has 1 amide bonds. The molecule has 2 rings (SSSR count). The first kappa shape index (κ1) is 16.8. The Balaban J connectivity index is 1.89. The Morgan fingerprint density at radius 3 is 2.83 bits per heavy atom. The quantitative estimate of drug-likeness (QED) is 0.631. The zero-order chi connectivity index (χ0) is 16.7. The SMILES string of the molecule is COc1ccc(Cl)cc1/C=N/NC(=O)CNc1ccccc1C. The van der Waals surface area contributed by atoms with Crippen molar-refractivity contribution in [2.75, 3.05) is 19.0 Å². The van der Waals surface area contributed by atoms with Crippen molar-refractivity contribution in [1.29, 1.82) is 0 Å². The van der Waals surface area contributed by atoms with E-state index in [2.05, 4.69) is 15.8 Å². The monoisotopic (exact) mass is 331 g/mol. The van der Waals surface area contributed by atoms with E-state index in [1.54, 1.807) is 25.3 Å². The fraction of sp³-hybridized carbons (Fsp3) is 0.176. The lowest BCUT2D eigenvalue weighted by Gasteiger charge is -2.08. The third kappa shape index (κ3) is 5.00. The molecule has 5 nitrogen and oxygen atoms in total. The first-order valence-electron chi connectivity index (χ1n) is 7.05. The third-order valence-corrected chi connectivity index (χ3v) is 3.40. The van der Waals surface area contributed by atoms with Gasteiger partial charge < -0.3 is 10.1 Å². The maximum atomic E-state index is 11.8. The van der Waals surface area contributed by atoms with E-state index in [-0.39, 0.29) is 12.5 Å². The highest BCUT2D eigenvalue weighted by atomic mass is 35.5. The number of nitrogens with zero attached hydrogens (tertiary/aromatic N) is 1. The van der Waals surface area contributed by atoms with Crippen LogP contribution in [0.3, 0.4) is 0 Å². The van der Waals surface area contributed by atoms with Gasteiger partial charge in [-0.3, -0.25) is 4.79 Å². The predicted octanol–water partition coefficient (Wildman–Crippen LogP) is 3.22. The van der Waals surface area contributed by atoms with Crippen molar-refractivity contribution < 1.29 is 9.53 Å². The number of carbonyl (C=O) groups excluding carboxylic acids is 1. The molecule has 0 radical (unpaired) electrons. The topological polar surface area (TPSA) is 62.7 Å². The van der Waals surface area contributed by atoms with E-state index >= 15 is 0 Å². The van der Waals surface area contributed by atoms with Crippen LogP contribution in [0, 0.1) is 6.92 Å². The second-order valence-corrected chi connectivity index (χ2v) is 5.28. The summed E-state index contributed by atoms with van der Waals surface area (Å²) in [4.78, 5) is 11.8. The van der Waals surface area contributed by atoms with Gasteiger partial charge >= 0.3 is 0 Å². The molecule has 0 atom stereocenters. The van der Waals surface area contributed by atoms with Gasteiger partial charge in [-0.25, -0.2) is 5.43 Å². The van der Waals surface area contributed by atoms with Gasteiger partial charge in [-0.15, -0.1) is 0 Å². The number of anilines is 1. The molecule has 0 spiro atoms. The van der Waals surface area contributed by atoms with E-state index in [1.165, 1.54) is 6.21 Å². The number of hydrogen-bond acceptors (Lipinski definition) is 4. The molecule has 0 aromatic heterocycles. The van der Waals surface area contributed by atoms with Crippen LogP contribution in [-0.2, 0) is 4.79 Å². The van der Waals surface area contributed by atoms with Crippen LogP contribution in [0.1, 0.15) is 11.1 Å². The number of halogens is 1. The molecule has 2 aromatic carbocycles. The molecule has 120 valence electrons. The summed E-state index contributed by atoms with van der Waals surface area (Å²) in [5.74, 6) is 0.385. The third-order valence-electron chi connectivity index (χ3n) is 3.17. The molecule has 23 heavy (non-hydrogen) atoms. The van der Waals surface area contributed by atoms with Crippen molar-refractivity contribution in [1.82, 2.24) is 5.43 Å². The van der Waals surface area contributed by atoms with E-state index < -0.39 is 0 Å². The number of carbonyl (C=O) groups is 1. The molecule has 6 heteroatoms. The molecule has 0 unspecified atom stereocenters. The van der Waals surface area contributed by atoms with Crippen molar-refractivity contribution in [2.45, 2.75) is 6.92 Å². The molecule has 0 saturated heterocycles. The lowest BCUT2D eigenvalue weighted by atomic mass is 10.2. The molecule has 0 aliphatic heterocycles. The Kier molecular flexibility index (Phi) is 6.00. The van der Waals surface area contributed by atoms with Crippen molar-refractivity contribution in [3.63, 3.8) is 0 Å². The van der Waals surface area contributed by atoms with Gasteiger partial charge in [-0.05, 0) is 36.8 Å². The Morgan fingerprint density at radius 1 is 1.30 bits per heavy atom. The highest BCUT2D eigenvalue weighted by molar-refractivity contribution is 6.30. The number of aryl methyl sites for hydroxylation is 1. The van der Waals surface area contributed by atoms with E-state index in [0.717, 1.165) is 11.3 Å². The number of para-hydroxylation sites is 1. The summed E-state index contributed by atoms with van der Waals surface area (Å²) in [5.41, 5.74) is 5.14. The standard InChI is InChI=1S/C17H18ClN3O2/c1-12-5-3-4-6-15(12)19-11-17(22)21-20-10-13-9-14(18)7-8-16(13)23-2/h3-10,19H,11H2,1-2H3,(H,21,22)/b20-10+. The molecule has 0 aliphatic rings. The van der Waals surface area contributed by atoms with Crippen LogP contribution < -0.4 is 15.5 Å². The molecule has 0 bridgehead atoms. The molecular formula is C17H18ClN3O2. The number of ether oxygens (including phenoxy) is 1. The average Bonchev–Trinajstić information content (AvgIpc) is 2.54. The van der Waals surface area contributed by atoms with Crippen LogP contribution >= 0.6 is 11.6 Å².